The number of nitrogens with one attached hydrogen (secondary N) is 1. The van der Waals surface area contributed by atoms with E-state index in [1.165, 1.54) is 0 Å². The summed E-state index contributed by atoms with van der Waals surface area (Å²) in [5, 5.41) is 11.1. The van der Waals surface area contributed by atoms with Gasteiger partial charge in [0.05, 0.1) is 27.0 Å². The highest BCUT2D eigenvalue weighted by atomic mass is 16.5. The highest BCUT2D eigenvalue weighted by Gasteiger charge is 2.04. The SMILES string of the molecule is COc1cc(NCc2nnccc2OC)ccn1. The number of nitrogens with zero attached hydrogens (tertiary/aromatic N) is 3. The van der Waals surface area contributed by atoms with E-state index in [2.05, 4.69) is 20.5 Å². The van der Waals surface area contributed by atoms with Gasteiger partial charge in [-0.25, -0.2) is 4.98 Å². The fraction of sp³-hybridized carbons (Fsp3) is 0.250. The second kappa shape index (κ2) is 5.81. The number of ether oxygens (including phenoxy) is 2. The lowest BCUT2D eigenvalue weighted by molar-refractivity contribution is 0.398. The molecule has 18 heavy (non-hydrogen) atoms. The van der Waals surface area contributed by atoms with E-state index < -0.39 is 0 Å². The quantitative estimate of drug-likeness (QED) is 0.862. The summed E-state index contributed by atoms with van der Waals surface area (Å²) in [4.78, 5) is 4.03. The largest absolute Gasteiger partial charge is 0.495 e. The van der Waals surface area contributed by atoms with Crippen molar-refractivity contribution in [3.63, 3.8) is 0 Å². The van der Waals surface area contributed by atoms with Crippen molar-refractivity contribution in [2.24, 2.45) is 0 Å². The Hall–Kier alpha value is -2.37. The van der Waals surface area contributed by atoms with Gasteiger partial charge in [0.1, 0.15) is 11.4 Å². The minimum Gasteiger partial charge on any atom is -0.495 e. The van der Waals surface area contributed by atoms with E-state index in [-0.39, 0.29) is 0 Å². The second-order valence-electron chi connectivity index (χ2n) is 3.49. The maximum absolute atomic E-state index is 5.20. The number of pyridine rings is 1. The Balaban J connectivity index is 2.06. The van der Waals surface area contributed by atoms with Crippen LogP contribution in [-0.4, -0.2) is 29.4 Å². The van der Waals surface area contributed by atoms with E-state index in [9.17, 15) is 0 Å². The number of aromatic nitrogens is 3. The van der Waals surface area contributed by atoms with Crippen LogP contribution in [0.15, 0.2) is 30.6 Å². The summed E-state index contributed by atoms with van der Waals surface area (Å²) in [6, 6.07) is 5.44. The van der Waals surface area contributed by atoms with Gasteiger partial charge in [0.25, 0.3) is 0 Å². The van der Waals surface area contributed by atoms with Crippen LogP contribution < -0.4 is 14.8 Å². The standard InChI is InChI=1S/C12H14N4O2/c1-17-11-4-6-15-16-10(11)8-14-9-3-5-13-12(7-9)18-2/h3-7H,8H2,1-2H3,(H,13,14). The van der Waals surface area contributed by atoms with Crippen molar-refractivity contribution in [1.29, 1.82) is 0 Å². The molecule has 0 saturated heterocycles. The molecule has 0 fully saturated rings. The maximum atomic E-state index is 5.20. The first-order valence-electron chi connectivity index (χ1n) is 5.42. The fourth-order valence-corrected chi connectivity index (χ4v) is 1.47. The summed E-state index contributed by atoms with van der Waals surface area (Å²) in [6.07, 6.45) is 3.27. The Labute approximate surface area is 105 Å². The first-order chi connectivity index (χ1) is 8.83. The Bertz CT molecular complexity index is 519. The average Bonchev–Trinajstić information content (AvgIpc) is 2.45. The van der Waals surface area contributed by atoms with Gasteiger partial charge in [-0.15, -0.1) is 5.10 Å². The summed E-state index contributed by atoms with van der Waals surface area (Å²) in [5.74, 6) is 1.27. The predicted molar refractivity (Wildman–Crippen MR) is 66.7 cm³/mol. The molecule has 2 aromatic heterocycles. The van der Waals surface area contributed by atoms with Crippen LogP contribution in [0.25, 0.3) is 0 Å². The maximum Gasteiger partial charge on any atom is 0.214 e. The van der Waals surface area contributed by atoms with Crippen molar-refractivity contribution in [3.05, 3.63) is 36.3 Å². The molecule has 0 aliphatic rings. The number of methoxy groups -OCH3 is 2. The molecule has 0 atom stereocenters. The van der Waals surface area contributed by atoms with Crippen LogP contribution in [0, 0.1) is 0 Å². The van der Waals surface area contributed by atoms with Crippen LogP contribution in [-0.2, 0) is 6.54 Å². The molecular formula is C12H14N4O2. The monoisotopic (exact) mass is 246 g/mol. The van der Waals surface area contributed by atoms with Crippen LogP contribution in [0.4, 0.5) is 5.69 Å². The average molecular weight is 246 g/mol. The third-order valence-electron chi connectivity index (χ3n) is 2.38. The van der Waals surface area contributed by atoms with Crippen LogP contribution in [0.1, 0.15) is 5.69 Å². The molecule has 1 N–H and O–H groups in total. The zero-order valence-corrected chi connectivity index (χ0v) is 10.3. The number of anilines is 1. The zero-order valence-electron chi connectivity index (χ0n) is 10.3. The van der Waals surface area contributed by atoms with E-state index in [4.69, 9.17) is 9.47 Å². The van der Waals surface area contributed by atoms with Crippen LogP contribution in [0.2, 0.25) is 0 Å². The van der Waals surface area contributed by atoms with Crippen molar-refractivity contribution in [2.45, 2.75) is 6.54 Å². The number of rotatable bonds is 5. The Morgan fingerprint density at radius 2 is 2.06 bits per heavy atom. The van der Waals surface area contributed by atoms with Gasteiger partial charge in [0.15, 0.2) is 0 Å². The van der Waals surface area contributed by atoms with Gasteiger partial charge in [0.2, 0.25) is 5.88 Å². The van der Waals surface area contributed by atoms with Crippen LogP contribution in [0.5, 0.6) is 11.6 Å². The molecule has 0 saturated carbocycles. The Morgan fingerprint density at radius 3 is 2.83 bits per heavy atom. The van der Waals surface area contributed by atoms with E-state index in [0.29, 0.717) is 18.2 Å². The molecule has 0 aromatic carbocycles. The summed E-state index contributed by atoms with van der Waals surface area (Å²) in [7, 11) is 3.19. The lowest BCUT2D eigenvalue weighted by atomic mass is 10.3. The van der Waals surface area contributed by atoms with E-state index in [1.54, 1.807) is 32.7 Å². The van der Waals surface area contributed by atoms with Crippen molar-refractivity contribution in [2.75, 3.05) is 19.5 Å². The normalized spacial score (nSPS) is 9.89. The van der Waals surface area contributed by atoms with Gasteiger partial charge >= 0.3 is 0 Å². The highest BCUT2D eigenvalue weighted by molar-refractivity contribution is 5.45. The van der Waals surface area contributed by atoms with Gasteiger partial charge in [-0.3, -0.25) is 0 Å². The van der Waals surface area contributed by atoms with Gasteiger partial charge in [-0.1, -0.05) is 0 Å². The number of hydrogen-bond acceptors (Lipinski definition) is 6. The smallest absolute Gasteiger partial charge is 0.214 e. The summed E-state index contributed by atoms with van der Waals surface area (Å²) < 4.78 is 10.2. The Morgan fingerprint density at radius 1 is 1.17 bits per heavy atom. The third kappa shape index (κ3) is 2.85. The van der Waals surface area contributed by atoms with Crippen molar-refractivity contribution >= 4 is 5.69 Å². The van der Waals surface area contributed by atoms with Gasteiger partial charge in [-0.05, 0) is 6.07 Å². The fourth-order valence-electron chi connectivity index (χ4n) is 1.47. The van der Waals surface area contributed by atoms with E-state index >= 15 is 0 Å². The molecule has 94 valence electrons. The minimum atomic E-state index is 0.518. The molecule has 2 heterocycles. The zero-order chi connectivity index (χ0) is 12.8. The first kappa shape index (κ1) is 12.1. The van der Waals surface area contributed by atoms with Gasteiger partial charge in [-0.2, -0.15) is 5.10 Å². The molecule has 2 rings (SSSR count). The minimum absolute atomic E-state index is 0.518. The Kier molecular flexibility index (Phi) is 3.90. The molecule has 6 nitrogen and oxygen atoms in total. The summed E-state index contributed by atoms with van der Waals surface area (Å²) in [6.45, 7) is 0.518. The molecule has 2 aromatic rings. The molecule has 0 aliphatic carbocycles. The lowest BCUT2D eigenvalue weighted by Crippen LogP contribution is -2.05. The van der Waals surface area contributed by atoms with Crippen molar-refractivity contribution in [3.8, 4) is 11.6 Å². The molecule has 0 unspecified atom stereocenters. The summed E-state index contributed by atoms with van der Waals surface area (Å²) in [5.41, 5.74) is 1.64. The van der Waals surface area contributed by atoms with Crippen molar-refractivity contribution < 1.29 is 9.47 Å². The molecule has 6 heteroatoms. The molecular weight excluding hydrogens is 232 g/mol. The van der Waals surface area contributed by atoms with Gasteiger partial charge < -0.3 is 14.8 Å². The second-order valence-corrected chi connectivity index (χ2v) is 3.49. The first-order valence-corrected chi connectivity index (χ1v) is 5.42. The van der Waals surface area contributed by atoms with Crippen molar-refractivity contribution in [1.82, 2.24) is 15.2 Å². The highest BCUT2D eigenvalue weighted by Crippen LogP contribution is 2.17. The van der Waals surface area contributed by atoms with Crippen LogP contribution >= 0.6 is 0 Å². The predicted octanol–water partition coefficient (Wildman–Crippen LogP) is 1.50. The summed E-state index contributed by atoms with van der Waals surface area (Å²) >= 11 is 0. The molecule has 0 bridgehead atoms. The molecule has 0 spiro atoms. The molecule has 0 aliphatic heterocycles. The molecule has 0 radical (unpaired) electrons. The van der Waals surface area contributed by atoms with Gasteiger partial charge in [0, 0.05) is 24.0 Å². The van der Waals surface area contributed by atoms with E-state index in [1.807, 2.05) is 12.1 Å². The third-order valence-corrected chi connectivity index (χ3v) is 2.38. The topological polar surface area (TPSA) is 69.2 Å². The molecule has 0 amide bonds. The van der Waals surface area contributed by atoms with E-state index in [0.717, 1.165) is 11.4 Å². The lowest BCUT2D eigenvalue weighted by Gasteiger charge is -2.09. The van der Waals surface area contributed by atoms with Crippen LogP contribution in [0.3, 0.4) is 0 Å². The number of hydrogen-bond donors (Lipinski definition) is 1.